The van der Waals surface area contributed by atoms with Crippen LogP contribution in [0.1, 0.15) is 42.7 Å². The van der Waals surface area contributed by atoms with Crippen molar-refractivity contribution >= 4 is 31.9 Å². The topological polar surface area (TPSA) is 80.6 Å². The van der Waals surface area contributed by atoms with E-state index in [0.29, 0.717) is 44.8 Å². The molecule has 1 saturated heterocycles. The number of aryl methyl sites for hydroxylation is 1. The standard InChI is InChI=1S/C21H28BrN3O4S/c1-4-25(5-2)30(27,28)18-14-19(24(3)15-18)20(26)23-21(9-11-29-12-10-21)16-7-6-8-17(22)13-16/h6-8,13-15H,4-5,9-12H2,1-3H3,(H,23,26). The number of carbonyl (C=O) groups is 1. The van der Waals surface area contributed by atoms with E-state index in [2.05, 4.69) is 21.2 Å². The summed E-state index contributed by atoms with van der Waals surface area (Å²) in [6.07, 6.45) is 2.78. The lowest BCUT2D eigenvalue weighted by Gasteiger charge is -2.38. The molecule has 164 valence electrons. The SMILES string of the molecule is CCN(CC)S(=O)(=O)c1cc(C(=O)NC2(c3cccc(Br)c3)CCOCC2)n(C)c1. The number of halogens is 1. The van der Waals surface area contributed by atoms with Crippen LogP contribution < -0.4 is 5.32 Å². The molecule has 0 bridgehead atoms. The highest BCUT2D eigenvalue weighted by molar-refractivity contribution is 9.10. The minimum atomic E-state index is -3.64. The number of aromatic nitrogens is 1. The third kappa shape index (κ3) is 4.49. The Labute approximate surface area is 186 Å². The second kappa shape index (κ2) is 9.21. The van der Waals surface area contributed by atoms with Gasteiger partial charge < -0.3 is 14.6 Å². The summed E-state index contributed by atoms with van der Waals surface area (Å²) in [6, 6.07) is 9.35. The number of sulfonamides is 1. The number of hydrogen-bond acceptors (Lipinski definition) is 4. The molecule has 1 amide bonds. The molecule has 1 aliphatic rings. The lowest BCUT2D eigenvalue weighted by molar-refractivity contribution is 0.0343. The van der Waals surface area contributed by atoms with E-state index in [1.807, 2.05) is 24.3 Å². The molecule has 2 heterocycles. The fourth-order valence-electron chi connectivity index (χ4n) is 3.89. The summed E-state index contributed by atoms with van der Waals surface area (Å²) in [5, 5.41) is 3.19. The molecule has 1 aromatic heterocycles. The molecule has 2 aromatic rings. The normalized spacial score (nSPS) is 16.6. The molecule has 1 aromatic carbocycles. The second-order valence-corrected chi connectivity index (χ2v) is 10.3. The Morgan fingerprint density at radius 3 is 2.50 bits per heavy atom. The van der Waals surface area contributed by atoms with Gasteiger partial charge in [-0.15, -0.1) is 0 Å². The van der Waals surface area contributed by atoms with Crippen molar-refractivity contribution in [3.8, 4) is 0 Å². The molecule has 0 unspecified atom stereocenters. The highest BCUT2D eigenvalue weighted by Gasteiger charge is 2.37. The minimum absolute atomic E-state index is 0.127. The van der Waals surface area contributed by atoms with Crippen LogP contribution in [0.2, 0.25) is 0 Å². The van der Waals surface area contributed by atoms with Crippen LogP contribution >= 0.6 is 15.9 Å². The Bertz CT molecular complexity index is 1010. The van der Waals surface area contributed by atoms with Crippen molar-refractivity contribution in [3.05, 3.63) is 52.3 Å². The van der Waals surface area contributed by atoms with Crippen molar-refractivity contribution in [2.75, 3.05) is 26.3 Å². The maximum absolute atomic E-state index is 13.3. The van der Waals surface area contributed by atoms with E-state index in [4.69, 9.17) is 4.74 Å². The average molecular weight is 498 g/mol. The number of nitrogens with zero attached hydrogens (tertiary/aromatic N) is 2. The molecule has 7 nitrogen and oxygen atoms in total. The lowest BCUT2D eigenvalue weighted by Crippen LogP contribution is -2.49. The van der Waals surface area contributed by atoms with Gasteiger partial charge in [-0.3, -0.25) is 4.79 Å². The van der Waals surface area contributed by atoms with Gasteiger partial charge in [0.05, 0.1) is 5.54 Å². The Hall–Kier alpha value is -1.68. The largest absolute Gasteiger partial charge is 0.381 e. The zero-order valence-corrected chi connectivity index (χ0v) is 19.9. The first-order chi connectivity index (χ1) is 14.2. The van der Waals surface area contributed by atoms with Crippen molar-refractivity contribution in [3.63, 3.8) is 0 Å². The van der Waals surface area contributed by atoms with E-state index in [9.17, 15) is 13.2 Å². The third-order valence-corrected chi connectivity index (χ3v) is 8.14. The van der Waals surface area contributed by atoms with Crippen LogP contribution in [0.15, 0.2) is 45.9 Å². The summed E-state index contributed by atoms with van der Waals surface area (Å²) < 4.78 is 35.1. The van der Waals surface area contributed by atoms with Gasteiger partial charge in [0.25, 0.3) is 5.91 Å². The fraction of sp³-hybridized carbons (Fsp3) is 0.476. The monoisotopic (exact) mass is 497 g/mol. The van der Waals surface area contributed by atoms with E-state index in [1.165, 1.54) is 16.6 Å². The molecule has 0 atom stereocenters. The predicted octanol–water partition coefficient (Wildman–Crippen LogP) is 3.25. The quantitative estimate of drug-likeness (QED) is 0.636. The van der Waals surface area contributed by atoms with Gasteiger partial charge in [-0.05, 0) is 36.6 Å². The molecule has 1 fully saturated rings. The number of carbonyl (C=O) groups excluding carboxylic acids is 1. The Morgan fingerprint density at radius 2 is 1.90 bits per heavy atom. The highest BCUT2D eigenvalue weighted by atomic mass is 79.9. The fourth-order valence-corrected chi connectivity index (χ4v) is 5.82. The Kier molecular flexibility index (Phi) is 7.06. The van der Waals surface area contributed by atoms with Crippen LogP contribution in [-0.2, 0) is 27.3 Å². The molecule has 0 aliphatic carbocycles. The number of ether oxygens (including phenoxy) is 1. The van der Waals surface area contributed by atoms with Crippen molar-refractivity contribution in [2.24, 2.45) is 7.05 Å². The predicted molar refractivity (Wildman–Crippen MR) is 119 cm³/mol. The van der Waals surface area contributed by atoms with Gasteiger partial charge in [-0.25, -0.2) is 8.42 Å². The molecule has 1 N–H and O–H groups in total. The van der Waals surface area contributed by atoms with Crippen LogP contribution in [0, 0.1) is 0 Å². The van der Waals surface area contributed by atoms with Crippen molar-refractivity contribution in [2.45, 2.75) is 37.1 Å². The van der Waals surface area contributed by atoms with Gasteiger partial charge >= 0.3 is 0 Å². The van der Waals surface area contributed by atoms with Crippen molar-refractivity contribution in [1.82, 2.24) is 14.2 Å². The van der Waals surface area contributed by atoms with Crippen LogP contribution in [0.4, 0.5) is 0 Å². The molecule has 0 spiro atoms. The zero-order chi connectivity index (χ0) is 21.9. The molecule has 3 rings (SSSR count). The number of amides is 1. The summed E-state index contributed by atoms with van der Waals surface area (Å²) >= 11 is 3.51. The van der Waals surface area contributed by atoms with E-state index < -0.39 is 15.6 Å². The van der Waals surface area contributed by atoms with Crippen LogP contribution in [0.5, 0.6) is 0 Å². The van der Waals surface area contributed by atoms with Gasteiger partial charge in [0.15, 0.2) is 0 Å². The Morgan fingerprint density at radius 1 is 1.23 bits per heavy atom. The second-order valence-electron chi connectivity index (χ2n) is 7.42. The maximum Gasteiger partial charge on any atom is 0.268 e. The van der Waals surface area contributed by atoms with Gasteiger partial charge in [-0.2, -0.15) is 4.31 Å². The molecule has 30 heavy (non-hydrogen) atoms. The summed E-state index contributed by atoms with van der Waals surface area (Å²) in [5.74, 6) is -0.305. The number of nitrogens with one attached hydrogen (secondary N) is 1. The maximum atomic E-state index is 13.3. The molecule has 0 radical (unpaired) electrons. The smallest absolute Gasteiger partial charge is 0.268 e. The molecule has 9 heteroatoms. The number of benzene rings is 1. The van der Waals surface area contributed by atoms with Crippen LogP contribution in [0.25, 0.3) is 0 Å². The number of rotatable bonds is 7. The van der Waals surface area contributed by atoms with Crippen LogP contribution in [0.3, 0.4) is 0 Å². The Balaban J connectivity index is 1.93. The highest BCUT2D eigenvalue weighted by Crippen LogP contribution is 2.34. The minimum Gasteiger partial charge on any atom is -0.381 e. The summed E-state index contributed by atoms with van der Waals surface area (Å²) in [6.45, 7) is 5.43. The van der Waals surface area contributed by atoms with Gasteiger partial charge in [0, 0.05) is 44.0 Å². The first kappa shape index (κ1) is 23.0. The summed E-state index contributed by atoms with van der Waals surface area (Å²) in [5.41, 5.74) is 0.738. The molecular formula is C21H28BrN3O4S. The summed E-state index contributed by atoms with van der Waals surface area (Å²) in [4.78, 5) is 13.4. The van der Waals surface area contributed by atoms with Crippen LogP contribution in [-0.4, -0.2) is 49.5 Å². The molecule has 1 aliphatic heterocycles. The average Bonchev–Trinajstić information content (AvgIpc) is 3.12. The molecular weight excluding hydrogens is 470 g/mol. The first-order valence-electron chi connectivity index (χ1n) is 10.1. The molecule has 0 saturated carbocycles. The first-order valence-corrected chi connectivity index (χ1v) is 12.3. The zero-order valence-electron chi connectivity index (χ0n) is 17.5. The van der Waals surface area contributed by atoms with Gasteiger partial charge in [-0.1, -0.05) is 41.9 Å². The van der Waals surface area contributed by atoms with Gasteiger partial charge in [0.2, 0.25) is 10.0 Å². The van der Waals surface area contributed by atoms with E-state index in [0.717, 1.165) is 10.0 Å². The van der Waals surface area contributed by atoms with E-state index >= 15 is 0 Å². The summed E-state index contributed by atoms with van der Waals surface area (Å²) in [7, 11) is -1.95. The van der Waals surface area contributed by atoms with Crippen molar-refractivity contribution in [1.29, 1.82) is 0 Å². The van der Waals surface area contributed by atoms with E-state index in [-0.39, 0.29) is 10.8 Å². The van der Waals surface area contributed by atoms with Gasteiger partial charge in [0.1, 0.15) is 10.6 Å². The van der Waals surface area contributed by atoms with E-state index in [1.54, 1.807) is 25.5 Å². The lowest BCUT2D eigenvalue weighted by atomic mass is 9.82. The number of hydrogen-bond donors (Lipinski definition) is 1. The van der Waals surface area contributed by atoms with Crippen molar-refractivity contribution < 1.29 is 17.9 Å². The third-order valence-electron chi connectivity index (χ3n) is 5.63.